The summed E-state index contributed by atoms with van der Waals surface area (Å²) in [4.78, 5) is 17.1. The van der Waals surface area contributed by atoms with Crippen molar-refractivity contribution in [3.8, 4) is 0 Å². The molecule has 2 aliphatic rings. The van der Waals surface area contributed by atoms with Crippen LogP contribution in [0, 0.1) is 5.41 Å². The van der Waals surface area contributed by atoms with E-state index < -0.39 is 0 Å². The van der Waals surface area contributed by atoms with E-state index in [4.69, 9.17) is 9.15 Å². The van der Waals surface area contributed by atoms with Gasteiger partial charge in [0.25, 0.3) is 0 Å². The largest absolute Gasteiger partial charge is 0.472 e. The van der Waals surface area contributed by atoms with Crippen LogP contribution in [0.2, 0.25) is 0 Å². The molecule has 0 bridgehead atoms. The summed E-state index contributed by atoms with van der Waals surface area (Å²) in [5.41, 5.74) is 1.03. The number of piperidine rings is 1. The van der Waals surface area contributed by atoms with Crippen molar-refractivity contribution in [1.29, 1.82) is 0 Å². The Bertz CT molecular complexity index is 474. The van der Waals surface area contributed by atoms with Crippen LogP contribution in [-0.4, -0.2) is 55.6 Å². The molecule has 5 nitrogen and oxygen atoms in total. The molecule has 1 amide bonds. The summed E-state index contributed by atoms with van der Waals surface area (Å²) in [5.74, 6) is 0.330. The second-order valence-corrected chi connectivity index (χ2v) is 6.26. The lowest BCUT2D eigenvalue weighted by molar-refractivity contribution is -0.139. The summed E-state index contributed by atoms with van der Waals surface area (Å²) < 4.78 is 10.2. The Morgan fingerprint density at radius 1 is 1.38 bits per heavy atom. The molecule has 3 rings (SSSR count). The Morgan fingerprint density at radius 2 is 2.29 bits per heavy atom. The van der Waals surface area contributed by atoms with Crippen molar-refractivity contribution in [2.24, 2.45) is 5.41 Å². The van der Waals surface area contributed by atoms with Gasteiger partial charge in [0, 0.05) is 38.9 Å². The number of nitrogens with zero attached hydrogens (tertiary/aromatic N) is 2. The maximum atomic E-state index is 12.8. The number of rotatable bonds is 5. The van der Waals surface area contributed by atoms with Gasteiger partial charge in [0.2, 0.25) is 5.91 Å². The molecule has 2 saturated heterocycles. The van der Waals surface area contributed by atoms with E-state index in [2.05, 4.69) is 4.90 Å². The molecule has 0 N–H and O–H groups in total. The van der Waals surface area contributed by atoms with Gasteiger partial charge in [0.15, 0.2) is 0 Å². The third-order valence-corrected chi connectivity index (χ3v) is 4.81. The molecule has 21 heavy (non-hydrogen) atoms. The standard InChI is InChI=1S/C16H24N2O3/c1-20-10-8-18-7-5-16(15(18)19)4-2-6-17(13-16)11-14-3-9-21-12-14/h3,9,12H,2,4-8,10-11,13H2,1H3/t16-/m0/s1. The van der Waals surface area contributed by atoms with Crippen LogP contribution in [0.4, 0.5) is 0 Å². The first-order valence-electron chi connectivity index (χ1n) is 7.75. The lowest BCUT2D eigenvalue weighted by atomic mass is 9.78. The Labute approximate surface area is 125 Å². The van der Waals surface area contributed by atoms with Crippen molar-refractivity contribution in [3.63, 3.8) is 0 Å². The van der Waals surface area contributed by atoms with Crippen LogP contribution in [0.15, 0.2) is 23.0 Å². The van der Waals surface area contributed by atoms with E-state index in [1.54, 1.807) is 19.6 Å². The molecule has 1 aromatic heterocycles. The first-order chi connectivity index (χ1) is 10.2. The maximum absolute atomic E-state index is 12.8. The van der Waals surface area contributed by atoms with E-state index in [0.717, 1.165) is 52.0 Å². The minimum atomic E-state index is -0.157. The van der Waals surface area contributed by atoms with Crippen molar-refractivity contribution in [2.45, 2.75) is 25.8 Å². The Morgan fingerprint density at radius 3 is 3.05 bits per heavy atom. The number of carbonyl (C=O) groups is 1. The van der Waals surface area contributed by atoms with E-state index in [1.165, 1.54) is 5.56 Å². The number of hydrogen-bond acceptors (Lipinski definition) is 4. The van der Waals surface area contributed by atoms with Gasteiger partial charge in [0.05, 0.1) is 24.5 Å². The van der Waals surface area contributed by atoms with E-state index in [1.807, 2.05) is 11.0 Å². The molecule has 1 aromatic rings. The lowest BCUT2D eigenvalue weighted by Gasteiger charge is -2.38. The molecular formula is C16H24N2O3. The molecule has 0 unspecified atom stereocenters. The van der Waals surface area contributed by atoms with Gasteiger partial charge in [-0.3, -0.25) is 9.69 Å². The Kier molecular flexibility index (Phi) is 4.31. The third kappa shape index (κ3) is 2.99. The zero-order valence-corrected chi connectivity index (χ0v) is 12.7. The fraction of sp³-hybridized carbons (Fsp3) is 0.688. The van der Waals surface area contributed by atoms with Gasteiger partial charge in [-0.05, 0) is 31.9 Å². The topological polar surface area (TPSA) is 45.9 Å². The van der Waals surface area contributed by atoms with Crippen molar-refractivity contribution in [3.05, 3.63) is 24.2 Å². The summed E-state index contributed by atoms with van der Waals surface area (Å²) in [7, 11) is 1.68. The molecule has 2 aliphatic heterocycles. The molecule has 0 radical (unpaired) electrons. The van der Waals surface area contributed by atoms with Gasteiger partial charge in [-0.15, -0.1) is 0 Å². The van der Waals surface area contributed by atoms with Gasteiger partial charge >= 0.3 is 0 Å². The predicted molar refractivity (Wildman–Crippen MR) is 78.7 cm³/mol. The van der Waals surface area contributed by atoms with Crippen LogP contribution < -0.4 is 0 Å². The molecule has 0 aromatic carbocycles. The van der Waals surface area contributed by atoms with Gasteiger partial charge in [-0.1, -0.05) is 0 Å². The fourth-order valence-corrected chi connectivity index (χ4v) is 3.69. The van der Waals surface area contributed by atoms with E-state index in [9.17, 15) is 4.79 Å². The number of furan rings is 1. The van der Waals surface area contributed by atoms with Gasteiger partial charge in [0.1, 0.15) is 0 Å². The van der Waals surface area contributed by atoms with Crippen molar-refractivity contribution in [1.82, 2.24) is 9.80 Å². The number of likely N-dealkylation sites (tertiary alicyclic amines) is 2. The van der Waals surface area contributed by atoms with Crippen molar-refractivity contribution >= 4 is 5.91 Å². The Hall–Kier alpha value is -1.33. The molecule has 0 aliphatic carbocycles. The molecule has 1 atom stereocenters. The molecule has 0 saturated carbocycles. The molecule has 5 heteroatoms. The van der Waals surface area contributed by atoms with Crippen LogP contribution in [-0.2, 0) is 16.1 Å². The highest BCUT2D eigenvalue weighted by Gasteiger charge is 2.48. The normalized spacial score (nSPS) is 26.9. The minimum absolute atomic E-state index is 0.157. The number of hydrogen-bond donors (Lipinski definition) is 0. The van der Waals surface area contributed by atoms with Gasteiger partial charge in [-0.2, -0.15) is 0 Å². The first kappa shape index (κ1) is 14.6. The number of ether oxygens (including phenoxy) is 1. The molecule has 2 fully saturated rings. The monoisotopic (exact) mass is 292 g/mol. The highest BCUT2D eigenvalue weighted by molar-refractivity contribution is 5.85. The average Bonchev–Trinajstić information content (AvgIpc) is 3.09. The highest BCUT2D eigenvalue weighted by atomic mass is 16.5. The molecule has 3 heterocycles. The van der Waals surface area contributed by atoms with Gasteiger partial charge in [-0.25, -0.2) is 0 Å². The first-order valence-corrected chi connectivity index (χ1v) is 7.75. The molecule has 1 spiro atoms. The minimum Gasteiger partial charge on any atom is -0.472 e. The Balaban J connectivity index is 1.63. The average molecular weight is 292 g/mol. The quantitative estimate of drug-likeness (QED) is 0.829. The van der Waals surface area contributed by atoms with Crippen molar-refractivity contribution in [2.75, 3.05) is 39.9 Å². The van der Waals surface area contributed by atoms with Gasteiger partial charge < -0.3 is 14.1 Å². The van der Waals surface area contributed by atoms with Crippen LogP contribution in [0.5, 0.6) is 0 Å². The maximum Gasteiger partial charge on any atom is 0.230 e. The summed E-state index contributed by atoms with van der Waals surface area (Å²) >= 11 is 0. The summed E-state index contributed by atoms with van der Waals surface area (Å²) in [5, 5.41) is 0. The van der Waals surface area contributed by atoms with E-state index >= 15 is 0 Å². The lowest BCUT2D eigenvalue weighted by Crippen LogP contribution is -2.47. The molecular weight excluding hydrogens is 268 g/mol. The number of methoxy groups -OCH3 is 1. The van der Waals surface area contributed by atoms with Crippen LogP contribution in [0.25, 0.3) is 0 Å². The van der Waals surface area contributed by atoms with Crippen LogP contribution in [0.3, 0.4) is 0 Å². The SMILES string of the molecule is COCCN1CC[C@]2(CCCN(Cc3ccoc3)C2)C1=O. The number of amides is 1. The summed E-state index contributed by atoms with van der Waals surface area (Å²) in [6.45, 7) is 5.05. The second-order valence-electron chi connectivity index (χ2n) is 6.26. The second kappa shape index (κ2) is 6.20. The van der Waals surface area contributed by atoms with E-state index in [-0.39, 0.29) is 5.41 Å². The fourth-order valence-electron chi connectivity index (χ4n) is 3.69. The molecule has 116 valence electrons. The van der Waals surface area contributed by atoms with Crippen molar-refractivity contribution < 1.29 is 13.9 Å². The third-order valence-electron chi connectivity index (χ3n) is 4.81. The van der Waals surface area contributed by atoms with Crippen LogP contribution >= 0.6 is 0 Å². The number of carbonyl (C=O) groups excluding carboxylic acids is 1. The summed E-state index contributed by atoms with van der Waals surface area (Å²) in [6, 6.07) is 2.00. The smallest absolute Gasteiger partial charge is 0.230 e. The highest BCUT2D eigenvalue weighted by Crippen LogP contribution is 2.40. The predicted octanol–water partition coefficient (Wildman–Crippen LogP) is 1.74. The van der Waals surface area contributed by atoms with E-state index in [0.29, 0.717) is 12.5 Å². The van der Waals surface area contributed by atoms with Crippen LogP contribution in [0.1, 0.15) is 24.8 Å². The zero-order valence-electron chi connectivity index (χ0n) is 12.7. The summed E-state index contributed by atoms with van der Waals surface area (Å²) in [6.07, 6.45) is 6.61. The zero-order chi connectivity index (χ0) is 14.7.